The number of benzene rings is 3. The molecule has 0 aliphatic carbocycles. The van der Waals surface area contributed by atoms with E-state index in [-0.39, 0.29) is 5.69 Å². The molecule has 1 aromatic heterocycles. The van der Waals surface area contributed by atoms with Crippen LogP contribution < -0.4 is 4.74 Å². The zero-order valence-corrected chi connectivity index (χ0v) is 15.1. The molecule has 4 rings (SSSR count). The van der Waals surface area contributed by atoms with Crippen LogP contribution in [0.3, 0.4) is 0 Å². The second-order valence-electron chi connectivity index (χ2n) is 6.19. The van der Waals surface area contributed by atoms with Gasteiger partial charge in [0.1, 0.15) is 5.75 Å². The lowest BCUT2D eigenvalue weighted by atomic mass is 10.1. The van der Waals surface area contributed by atoms with Crippen LogP contribution in [0, 0.1) is 10.1 Å². The van der Waals surface area contributed by atoms with Crippen molar-refractivity contribution in [2.24, 2.45) is 0 Å². The van der Waals surface area contributed by atoms with Gasteiger partial charge in [0.15, 0.2) is 0 Å². The molecule has 4 aromatic rings. The van der Waals surface area contributed by atoms with Gasteiger partial charge in [0.05, 0.1) is 29.1 Å². The van der Waals surface area contributed by atoms with Gasteiger partial charge in [-0.2, -0.15) is 5.10 Å². The van der Waals surface area contributed by atoms with Crippen molar-refractivity contribution in [3.8, 4) is 34.0 Å². The maximum Gasteiger partial charge on any atom is 0.269 e. The predicted molar refractivity (Wildman–Crippen MR) is 108 cm³/mol. The van der Waals surface area contributed by atoms with Crippen molar-refractivity contribution in [1.29, 1.82) is 0 Å². The Morgan fingerprint density at radius 1 is 0.893 bits per heavy atom. The fraction of sp³-hybridized carbons (Fsp3) is 0.0455. The van der Waals surface area contributed by atoms with Crippen LogP contribution in [0.1, 0.15) is 0 Å². The summed E-state index contributed by atoms with van der Waals surface area (Å²) in [4.78, 5) is 10.5. The van der Waals surface area contributed by atoms with Crippen molar-refractivity contribution < 1.29 is 9.66 Å². The van der Waals surface area contributed by atoms with E-state index >= 15 is 0 Å². The van der Waals surface area contributed by atoms with E-state index in [0.717, 1.165) is 34.0 Å². The number of nitro benzene ring substituents is 1. The maximum absolute atomic E-state index is 10.9. The number of nitro groups is 1. The van der Waals surface area contributed by atoms with E-state index in [9.17, 15) is 10.1 Å². The minimum absolute atomic E-state index is 0.0571. The molecule has 0 spiro atoms. The molecular formula is C22H17N3O3. The van der Waals surface area contributed by atoms with Gasteiger partial charge in [-0.3, -0.25) is 10.1 Å². The summed E-state index contributed by atoms with van der Waals surface area (Å²) in [5.74, 6) is 0.783. The number of nitrogens with zero attached hydrogens (tertiary/aromatic N) is 3. The van der Waals surface area contributed by atoms with Crippen molar-refractivity contribution in [2.75, 3.05) is 7.11 Å². The molecule has 0 atom stereocenters. The zero-order chi connectivity index (χ0) is 19.5. The summed E-state index contributed by atoms with van der Waals surface area (Å²) in [6.07, 6.45) is 0. The van der Waals surface area contributed by atoms with E-state index in [1.165, 1.54) is 12.1 Å². The van der Waals surface area contributed by atoms with Crippen LogP contribution in [0.5, 0.6) is 5.75 Å². The quantitative estimate of drug-likeness (QED) is 0.360. The monoisotopic (exact) mass is 371 g/mol. The Bertz CT molecular complexity index is 1100. The molecule has 0 bridgehead atoms. The molecule has 28 heavy (non-hydrogen) atoms. The van der Waals surface area contributed by atoms with Crippen LogP contribution in [-0.4, -0.2) is 21.8 Å². The molecule has 6 nitrogen and oxygen atoms in total. The first-order chi connectivity index (χ1) is 13.7. The fourth-order valence-electron chi connectivity index (χ4n) is 3.01. The van der Waals surface area contributed by atoms with E-state index < -0.39 is 4.92 Å². The highest BCUT2D eigenvalue weighted by Crippen LogP contribution is 2.30. The Labute approximate surface area is 161 Å². The van der Waals surface area contributed by atoms with Crippen molar-refractivity contribution in [1.82, 2.24) is 9.78 Å². The molecule has 1 heterocycles. The summed E-state index contributed by atoms with van der Waals surface area (Å²) < 4.78 is 7.12. The van der Waals surface area contributed by atoms with Gasteiger partial charge in [-0.05, 0) is 54.6 Å². The highest BCUT2D eigenvalue weighted by Gasteiger charge is 2.14. The first-order valence-electron chi connectivity index (χ1n) is 8.70. The number of ether oxygens (including phenoxy) is 1. The van der Waals surface area contributed by atoms with Gasteiger partial charge in [0.2, 0.25) is 0 Å². The third kappa shape index (κ3) is 3.35. The third-order valence-electron chi connectivity index (χ3n) is 4.47. The van der Waals surface area contributed by atoms with Gasteiger partial charge in [-0.25, -0.2) is 4.68 Å². The normalized spacial score (nSPS) is 10.6. The number of rotatable bonds is 5. The summed E-state index contributed by atoms with van der Waals surface area (Å²) in [5, 5.41) is 15.7. The highest BCUT2D eigenvalue weighted by atomic mass is 16.6. The molecule has 0 N–H and O–H groups in total. The molecular weight excluding hydrogens is 354 g/mol. The van der Waals surface area contributed by atoms with Crippen LogP contribution in [-0.2, 0) is 0 Å². The van der Waals surface area contributed by atoms with Crippen LogP contribution >= 0.6 is 0 Å². The Kier molecular flexibility index (Phi) is 4.60. The van der Waals surface area contributed by atoms with Gasteiger partial charge < -0.3 is 4.74 Å². The highest BCUT2D eigenvalue weighted by molar-refractivity contribution is 5.71. The Morgan fingerprint density at radius 2 is 1.54 bits per heavy atom. The number of hydrogen-bond acceptors (Lipinski definition) is 4. The number of hydrogen-bond donors (Lipinski definition) is 0. The van der Waals surface area contributed by atoms with Crippen molar-refractivity contribution >= 4 is 5.69 Å². The third-order valence-corrected chi connectivity index (χ3v) is 4.47. The predicted octanol–water partition coefficient (Wildman–Crippen LogP) is 5.12. The Morgan fingerprint density at radius 3 is 2.14 bits per heavy atom. The summed E-state index contributed by atoms with van der Waals surface area (Å²) in [5.41, 5.74) is 4.45. The van der Waals surface area contributed by atoms with Crippen molar-refractivity contribution in [3.63, 3.8) is 0 Å². The molecule has 138 valence electrons. The second kappa shape index (κ2) is 7.36. The van der Waals surface area contributed by atoms with E-state index in [1.807, 2.05) is 65.3 Å². The first-order valence-corrected chi connectivity index (χ1v) is 8.70. The van der Waals surface area contributed by atoms with E-state index in [4.69, 9.17) is 9.84 Å². The van der Waals surface area contributed by atoms with Gasteiger partial charge in [-0.15, -0.1) is 0 Å². The van der Waals surface area contributed by atoms with Crippen LogP contribution in [0.2, 0.25) is 0 Å². The van der Waals surface area contributed by atoms with E-state index in [2.05, 4.69) is 0 Å². The molecule has 6 heteroatoms. The SMILES string of the molecule is COc1ccc(-c2cc(-c3ccc([N+](=O)[O-])cc3)nn2-c2ccccc2)cc1. The summed E-state index contributed by atoms with van der Waals surface area (Å²) >= 11 is 0. The molecule has 0 aliphatic heterocycles. The second-order valence-corrected chi connectivity index (χ2v) is 6.19. The molecule has 0 amide bonds. The molecule has 0 saturated heterocycles. The van der Waals surface area contributed by atoms with Gasteiger partial charge in [0.25, 0.3) is 5.69 Å². The number of para-hydroxylation sites is 1. The summed E-state index contributed by atoms with van der Waals surface area (Å²) in [6.45, 7) is 0. The average molecular weight is 371 g/mol. The van der Waals surface area contributed by atoms with Crippen LogP contribution in [0.15, 0.2) is 84.9 Å². The van der Waals surface area contributed by atoms with Gasteiger partial charge in [0, 0.05) is 23.3 Å². The minimum atomic E-state index is -0.408. The number of aromatic nitrogens is 2. The lowest BCUT2D eigenvalue weighted by Gasteiger charge is -2.08. The lowest BCUT2D eigenvalue weighted by Crippen LogP contribution is -1.99. The average Bonchev–Trinajstić information content (AvgIpc) is 3.20. The number of methoxy groups -OCH3 is 1. The largest absolute Gasteiger partial charge is 0.497 e. The fourth-order valence-corrected chi connectivity index (χ4v) is 3.01. The first kappa shape index (κ1) is 17.5. The molecule has 0 radical (unpaired) electrons. The summed E-state index contributed by atoms with van der Waals surface area (Å²) in [7, 11) is 1.63. The molecule has 0 fully saturated rings. The van der Waals surface area contributed by atoms with Crippen LogP contribution in [0.25, 0.3) is 28.2 Å². The van der Waals surface area contributed by atoms with E-state index in [1.54, 1.807) is 19.2 Å². The Hall–Kier alpha value is -3.93. The van der Waals surface area contributed by atoms with Crippen molar-refractivity contribution in [3.05, 3.63) is 95.0 Å². The molecule has 0 aliphatic rings. The number of non-ortho nitro benzene ring substituents is 1. The standard InChI is InChI=1S/C22H17N3O3/c1-28-20-13-9-17(10-14-20)22-15-21(16-7-11-19(12-8-16)25(26)27)23-24(22)18-5-3-2-4-6-18/h2-15H,1H3. The van der Waals surface area contributed by atoms with E-state index in [0.29, 0.717) is 0 Å². The molecule has 0 unspecified atom stereocenters. The lowest BCUT2D eigenvalue weighted by molar-refractivity contribution is -0.384. The molecule has 3 aromatic carbocycles. The van der Waals surface area contributed by atoms with Gasteiger partial charge >= 0.3 is 0 Å². The molecule has 0 saturated carbocycles. The minimum Gasteiger partial charge on any atom is -0.497 e. The zero-order valence-electron chi connectivity index (χ0n) is 15.1. The topological polar surface area (TPSA) is 70.2 Å². The smallest absolute Gasteiger partial charge is 0.269 e. The Balaban J connectivity index is 1.83. The van der Waals surface area contributed by atoms with Crippen molar-refractivity contribution in [2.45, 2.75) is 0 Å². The van der Waals surface area contributed by atoms with Gasteiger partial charge in [-0.1, -0.05) is 18.2 Å². The maximum atomic E-state index is 10.9. The summed E-state index contributed by atoms with van der Waals surface area (Å²) in [6, 6.07) is 26.0. The van der Waals surface area contributed by atoms with Crippen LogP contribution in [0.4, 0.5) is 5.69 Å².